The van der Waals surface area contributed by atoms with Crippen LogP contribution in [0.4, 0.5) is 0 Å². The minimum Gasteiger partial charge on any atom is -0.496 e. The molecule has 6 heteroatoms. The SMILES string of the molecule is COc1ccc(C)cc1CN(C)S(=O)(=O)N1CCCC(C)C1. The van der Waals surface area contributed by atoms with Gasteiger partial charge in [0.15, 0.2) is 0 Å². The minimum absolute atomic E-state index is 0.318. The van der Waals surface area contributed by atoms with Gasteiger partial charge < -0.3 is 4.74 Å². The molecule has 1 aromatic carbocycles. The van der Waals surface area contributed by atoms with Gasteiger partial charge in [-0.1, -0.05) is 24.6 Å². The highest BCUT2D eigenvalue weighted by atomic mass is 32.2. The molecule has 2 rings (SSSR count). The molecule has 0 radical (unpaired) electrons. The van der Waals surface area contributed by atoms with Crippen molar-refractivity contribution < 1.29 is 13.2 Å². The first-order valence-corrected chi connectivity index (χ1v) is 9.09. The Morgan fingerprint density at radius 3 is 2.77 bits per heavy atom. The maximum atomic E-state index is 12.7. The molecule has 5 nitrogen and oxygen atoms in total. The number of benzene rings is 1. The zero-order chi connectivity index (χ0) is 16.3. The lowest BCUT2D eigenvalue weighted by molar-refractivity contribution is 0.262. The molecule has 22 heavy (non-hydrogen) atoms. The van der Waals surface area contributed by atoms with E-state index in [9.17, 15) is 8.42 Å². The molecule has 0 aromatic heterocycles. The Hall–Kier alpha value is -1.11. The van der Waals surface area contributed by atoms with Crippen molar-refractivity contribution in [3.8, 4) is 5.75 Å². The summed E-state index contributed by atoms with van der Waals surface area (Å²) in [6.45, 7) is 5.63. The fraction of sp³-hybridized carbons (Fsp3) is 0.625. The lowest BCUT2D eigenvalue weighted by Gasteiger charge is -2.33. The van der Waals surface area contributed by atoms with Crippen LogP contribution >= 0.6 is 0 Å². The smallest absolute Gasteiger partial charge is 0.282 e. The number of piperidine rings is 1. The molecule has 1 fully saturated rings. The summed E-state index contributed by atoms with van der Waals surface area (Å²) < 4.78 is 33.8. The Bertz CT molecular complexity index is 616. The second-order valence-electron chi connectivity index (χ2n) is 6.18. The number of ether oxygens (including phenoxy) is 1. The standard InChI is InChI=1S/C16H26N2O3S/c1-13-7-8-16(21-4)15(10-13)12-17(3)22(19,20)18-9-5-6-14(2)11-18/h7-8,10,14H,5-6,9,11-12H2,1-4H3. The topological polar surface area (TPSA) is 49.9 Å². The van der Waals surface area contributed by atoms with Crippen molar-refractivity contribution in [3.05, 3.63) is 29.3 Å². The summed E-state index contributed by atoms with van der Waals surface area (Å²) in [5, 5.41) is 0. The number of nitrogens with zero attached hydrogens (tertiary/aromatic N) is 2. The average Bonchev–Trinajstić information content (AvgIpc) is 2.47. The summed E-state index contributed by atoms with van der Waals surface area (Å²) >= 11 is 0. The molecule has 0 bridgehead atoms. The molecule has 0 N–H and O–H groups in total. The molecule has 1 saturated heterocycles. The van der Waals surface area contributed by atoms with Gasteiger partial charge in [0.2, 0.25) is 0 Å². The van der Waals surface area contributed by atoms with E-state index in [4.69, 9.17) is 4.74 Å². The third-order valence-corrected chi connectivity index (χ3v) is 6.07. The Labute approximate surface area is 134 Å². The van der Waals surface area contributed by atoms with Crippen LogP contribution in [0, 0.1) is 12.8 Å². The van der Waals surface area contributed by atoms with Gasteiger partial charge in [-0.2, -0.15) is 17.0 Å². The van der Waals surface area contributed by atoms with Gasteiger partial charge in [0.05, 0.1) is 7.11 Å². The summed E-state index contributed by atoms with van der Waals surface area (Å²) in [5.41, 5.74) is 1.98. The fourth-order valence-corrected chi connectivity index (χ4v) is 4.40. The van der Waals surface area contributed by atoms with Crippen molar-refractivity contribution >= 4 is 10.2 Å². The van der Waals surface area contributed by atoms with Crippen molar-refractivity contribution in [1.29, 1.82) is 0 Å². The molecule has 1 aromatic rings. The highest BCUT2D eigenvalue weighted by Gasteiger charge is 2.30. The molecule has 1 unspecified atom stereocenters. The molecular weight excluding hydrogens is 300 g/mol. The van der Waals surface area contributed by atoms with Crippen LogP contribution in [-0.2, 0) is 16.8 Å². The predicted molar refractivity (Wildman–Crippen MR) is 88.1 cm³/mol. The van der Waals surface area contributed by atoms with Gasteiger partial charge >= 0.3 is 0 Å². The van der Waals surface area contributed by atoms with E-state index in [1.54, 1.807) is 18.5 Å². The zero-order valence-corrected chi connectivity index (χ0v) is 14.7. The molecule has 1 atom stereocenters. The number of rotatable bonds is 5. The highest BCUT2D eigenvalue weighted by Crippen LogP contribution is 2.24. The first kappa shape index (κ1) is 17.2. The lowest BCUT2D eigenvalue weighted by Crippen LogP contribution is -2.46. The molecule has 1 aliphatic rings. The van der Waals surface area contributed by atoms with E-state index in [1.165, 1.54) is 4.31 Å². The number of hydrogen-bond donors (Lipinski definition) is 0. The van der Waals surface area contributed by atoms with Crippen molar-refractivity contribution in [2.24, 2.45) is 5.92 Å². The molecule has 0 saturated carbocycles. The van der Waals surface area contributed by atoms with Crippen LogP contribution in [0.1, 0.15) is 30.9 Å². The Balaban J connectivity index is 2.17. The van der Waals surface area contributed by atoms with E-state index in [2.05, 4.69) is 6.92 Å². The summed E-state index contributed by atoms with van der Waals surface area (Å²) in [6.07, 6.45) is 2.03. The molecule has 0 amide bonds. The van der Waals surface area contributed by atoms with E-state index in [-0.39, 0.29) is 0 Å². The van der Waals surface area contributed by atoms with Gasteiger partial charge in [-0.05, 0) is 31.7 Å². The summed E-state index contributed by atoms with van der Waals surface area (Å²) in [5.74, 6) is 1.14. The van der Waals surface area contributed by atoms with Gasteiger partial charge in [0.1, 0.15) is 5.75 Å². The molecule has 124 valence electrons. The first-order valence-electron chi connectivity index (χ1n) is 7.69. The van der Waals surface area contributed by atoms with E-state index >= 15 is 0 Å². The van der Waals surface area contributed by atoms with Crippen molar-refractivity contribution in [2.45, 2.75) is 33.2 Å². The number of aryl methyl sites for hydroxylation is 1. The second kappa shape index (κ2) is 6.98. The molecule has 0 spiro atoms. The molecule has 0 aliphatic carbocycles. The predicted octanol–water partition coefficient (Wildman–Crippen LogP) is 2.41. The maximum Gasteiger partial charge on any atom is 0.282 e. The van der Waals surface area contributed by atoms with Gasteiger partial charge in [0, 0.05) is 32.2 Å². The van der Waals surface area contributed by atoms with Crippen LogP contribution in [0.3, 0.4) is 0 Å². The average molecular weight is 326 g/mol. The first-order chi connectivity index (χ1) is 10.3. The molecule has 1 heterocycles. The van der Waals surface area contributed by atoms with Crippen molar-refractivity contribution in [3.63, 3.8) is 0 Å². The number of methoxy groups -OCH3 is 1. The Morgan fingerprint density at radius 1 is 1.41 bits per heavy atom. The van der Waals surface area contributed by atoms with Crippen LogP contribution in [0.5, 0.6) is 5.75 Å². The van der Waals surface area contributed by atoms with Gasteiger partial charge in [-0.25, -0.2) is 0 Å². The van der Waals surface area contributed by atoms with Crippen molar-refractivity contribution in [1.82, 2.24) is 8.61 Å². The van der Waals surface area contributed by atoms with E-state index in [1.807, 2.05) is 25.1 Å². The van der Waals surface area contributed by atoms with Gasteiger partial charge in [-0.15, -0.1) is 0 Å². The minimum atomic E-state index is -3.42. The van der Waals surface area contributed by atoms with Crippen LogP contribution in [0.25, 0.3) is 0 Å². The molecule has 1 aliphatic heterocycles. The normalized spacial score (nSPS) is 20.3. The Morgan fingerprint density at radius 2 is 2.14 bits per heavy atom. The summed E-state index contributed by atoms with van der Waals surface area (Å²) in [6, 6.07) is 5.82. The van der Waals surface area contributed by atoms with Crippen LogP contribution in [-0.4, -0.2) is 44.3 Å². The van der Waals surface area contributed by atoms with E-state index in [0.29, 0.717) is 25.6 Å². The third-order valence-electron chi connectivity index (χ3n) is 4.17. The van der Waals surface area contributed by atoms with Crippen LogP contribution in [0.15, 0.2) is 18.2 Å². The number of hydrogen-bond acceptors (Lipinski definition) is 3. The van der Waals surface area contributed by atoms with Gasteiger partial charge in [-0.3, -0.25) is 0 Å². The second-order valence-corrected chi connectivity index (χ2v) is 8.22. The maximum absolute atomic E-state index is 12.7. The van der Waals surface area contributed by atoms with Crippen LogP contribution in [0.2, 0.25) is 0 Å². The summed E-state index contributed by atoms with van der Waals surface area (Å²) in [4.78, 5) is 0. The monoisotopic (exact) mass is 326 g/mol. The summed E-state index contributed by atoms with van der Waals surface area (Å²) in [7, 11) is -0.178. The molecular formula is C16H26N2O3S. The van der Waals surface area contributed by atoms with Gasteiger partial charge in [0.25, 0.3) is 10.2 Å². The van der Waals surface area contributed by atoms with E-state index < -0.39 is 10.2 Å². The van der Waals surface area contributed by atoms with Crippen LogP contribution < -0.4 is 4.74 Å². The van der Waals surface area contributed by atoms with Crippen molar-refractivity contribution in [2.75, 3.05) is 27.2 Å². The third kappa shape index (κ3) is 3.80. The fourth-order valence-electron chi connectivity index (χ4n) is 2.91. The lowest BCUT2D eigenvalue weighted by atomic mass is 10.0. The quantitative estimate of drug-likeness (QED) is 0.835. The zero-order valence-electron chi connectivity index (χ0n) is 13.9. The largest absolute Gasteiger partial charge is 0.496 e. The Kier molecular flexibility index (Phi) is 5.47. The highest BCUT2D eigenvalue weighted by molar-refractivity contribution is 7.86. The van der Waals surface area contributed by atoms with E-state index in [0.717, 1.165) is 29.7 Å².